The maximum Gasteiger partial charge on any atom is 0.161 e. The average Bonchev–Trinajstić information content (AvgIpc) is 2.60. The van der Waals surface area contributed by atoms with Gasteiger partial charge in [0.15, 0.2) is 5.78 Å². The number of ketones is 1. The topological polar surface area (TPSA) is 37.3 Å². The van der Waals surface area contributed by atoms with E-state index in [1.54, 1.807) is 0 Å². The van der Waals surface area contributed by atoms with Crippen LogP contribution in [-0.2, 0) is 4.79 Å². The van der Waals surface area contributed by atoms with E-state index in [2.05, 4.69) is 0 Å². The van der Waals surface area contributed by atoms with Crippen molar-refractivity contribution < 1.29 is 9.90 Å². The molecule has 0 unspecified atom stereocenters. The van der Waals surface area contributed by atoms with E-state index in [1.165, 1.54) is 32.1 Å². The SMILES string of the molecule is O=C(CO)[C@H]1CC[C@H]2CCCC[C@H]21. The van der Waals surface area contributed by atoms with Crippen LogP contribution in [0.2, 0.25) is 0 Å². The maximum atomic E-state index is 11.4. The molecule has 0 aromatic rings. The number of aliphatic hydroxyl groups excluding tert-OH is 1. The van der Waals surface area contributed by atoms with Gasteiger partial charge in [-0.2, -0.15) is 0 Å². The summed E-state index contributed by atoms with van der Waals surface area (Å²) >= 11 is 0. The smallest absolute Gasteiger partial charge is 0.161 e. The summed E-state index contributed by atoms with van der Waals surface area (Å²) in [6.07, 6.45) is 7.44. The molecule has 0 aromatic heterocycles. The van der Waals surface area contributed by atoms with E-state index >= 15 is 0 Å². The second kappa shape index (κ2) is 3.79. The van der Waals surface area contributed by atoms with Crippen molar-refractivity contribution in [1.82, 2.24) is 0 Å². The fraction of sp³-hybridized carbons (Fsp3) is 0.909. The summed E-state index contributed by atoms with van der Waals surface area (Å²) in [5.74, 6) is 1.72. The molecule has 2 rings (SSSR count). The van der Waals surface area contributed by atoms with Gasteiger partial charge in [0.1, 0.15) is 6.61 Å². The standard InChI is InChI=1S/C11H18O2/c12-7-11(13)10-6-5-8-3-1-2-4-9(8)10/h8-10,12H,1-7H2/t8-,9-,10+/m1/s1. The summed E-state index contributed by atoms with van der Waals surface area (Å²) in [4.78, 5) is 11.4. The highest BCUT2D eigenvalue weighted by molar-refractivity contribution is 5.82. The van der Waals surface area contributed by atoms with Gasteiger partial charge in [0.25, 0.3) is 0 Å². The first-order valence-corrected chi connectivity index (χ1v) is 5.46. The van der Waals surface area contributed by atoms with Crippen LogP contribution in [0, 0.1) is 17.8 Å². The van der Waals surface area contributed by atoms with Gasteiger partial charge in [-0.25, -0.2) is 0 Å². The first-order valence-electron chi connectivity index (χ1n) is 5.46. The van der Waals surface area contributed by atoms with Gasteiger partial charge in [-0.1, -0.05) is 19.3 Å². The highest BCUT2D eigenvalue weighted by Gasteiger charge is 2.40. The Kier molecular flexibility index (Phi) is 2.68. The lowest BCUT2D eigenvalue weighted by Crippen LogP contribution is -2.26. The zero-order valence-electron chi connectivity index (χ0n) is 8.04. The third kappa shape index (κ3) is 1.64. The molecule has 74 valence electrons. The van der Waals surface area contributed by atoms with Gasteiger partial charge in [0.2, 0.25) is 0 Å². The Hall–Kier alpha value is -0.370. The van der Waals surface area contributed by atoms with Crippen LogP contribution in [0.3, 0.4) is 0 Å². The van der Waals surface area contributed by atoms with E-state index in [0.29, 0.717) is 5.92 Å². The molecule has 2 nitrogen and oxygen atoms in total. The number of rotatable bonds is 2. The number of Topliss-reactive ketones (excluding diaryl/α,β-unsaturated/α-hetero) is 1. The van der Waals surface area contributed by atoms with E-state index in [9.17, 15) is 4.79 Å². The Labute approximate surface area is 79.3 Å². The van der Waals surface area contributed by atoms with Gasteiger partial charge in [0, 0.05) is 5.92 Å². The van der Waals surface area contributed by atoms with Crippen molar-refractivity contribution in [2.24, 2.45) is 17.8 Å². The lowest BCUT2D eigenvalue weighted by molar-refractivity contribution is -0.127. The molecule has 13 heavy (non-hydrogen) atoms. The third-order valence-electron chi connectivity index (χ3n) is 3.90. The normalized spacial score (nSPS) is 38.7. The minimum atomic E-state index is -0.242. The van der Waals surface area contributed by atoms with Crippen molar-refractivity contribution in [1.29, 1.82) is 0 Å². The minimum Gasteiger partial charge on any atom is -0.389 e. The highest BCUT2D eigenvalue weighted by Crippen LogP contribution is 2.45. The van der Waals surface area contributed by atoms with Crippen LogP contribution in [0.1, 0.15) is 38.5 Å². The van der Waals surface area contributed by atoms with Gasteiger partial charge in [0.05, 0.1) is 0 Å². The summed E-state index contributed by atoms with van der Waals surface area (Å²) in [5.41, 5.74) is 0. The molecule has 2 saturated carbocycles. The van der Waals surface area contributed by atoms with Crippen LogP contribution in [0.25, 0.3) is 0 Å². The first kappa shape index (κ1) is 9.20. The number of hydrogen-bond acceptors (Lipinski definition) is 2. The van der Waals surface area contributed by atoms with Crippen molar-refractivity contribution >= 4 is 5.78 Å². The Morgan fingerprint density at radius 1 is 1.15 bits per heavy atom. The van der Waals surface area contributed by atoms with E-state index in [4.69, 9.17) is 5.11 Å². The second-order valence-electron chi connectivity index (χ2n) is 4.52. The van der Waals surface area contributed by atoms with Crippen LogP contribution in [0.4, 0.5) is 0 Å². The molecule has 0 amide bonds. The summed E-state index contributed by atoms with van der Waals surface area (Å²) in [7, 11) is 0. The Morgan fingerprint density at radius 3 is 2.69 bits per heavy atom. The Bertz CT molecular complexity index is 200. The van der Waals surface area contributed by atoms with Gasteiger partial charge in [-0.15, -0.1) is 0 Å². The van der Waals surface area contributed by atoms with Gasteiger partial charge < -0.3 is 5.11 Å². The van der Waals surface area contributed by atoms with Crippen molar-refractivity contribution in [2.45, 2.75) is 38.5 Å². The molecule has 2 heteroatoms. The number of carbonyl (C=O) groups is 1. The number of fused-ring (bicyclic) bond motifs is 1. The molecular weight excluding hydrogens is 164 g/mol. The van der Waals surface area contributed by atoms with Crippen LogP contribution >= 0.6 is 0 Å². The lowest BCUT2D eigenvalue weighted by Gasteiger charge is -2.28. The molecule has 0 heterocycles. The summed E-state index contributed by atoms with van der Waals surface area (Å²) < 4.78 is 0. The lowest BCUT2D eigenvalue weighted by atomic mass is 9.77. The van der Waals surface area contributed by atoms with Crippen molar-refractivity contribution in [3.63, 3.8) is 0 Å². The Balaban J connectivity index is 2.02. The largest absolute Gasteiger partial charge is 0.389 e. The summed E-state index contributed by atoms with van der Waals surface area (Å²) in [6.45, 7) is -0.242. The number of carbonyl (C=O) groups excluding carboxylic acids is 1. The van der Waals surface area contributed by atoms with Gasteiger partial charge >= 0.3 is 0 Å². The molecule has 1 N–H and O–H groups in total. The fourth-order valence-electron chi connectivity index (χ4n) is 3.25. The van der Waals surface area contributed by atoms with Crippen LogP contribution in [0.5, 0.6) is 0 Å². The van der Waals surface area contributed by atoms with E-state index in [-0.39, 0.29) is 18.3 Å². The zero-order chi connectivity index (χ0) is 9.26. The maximum absolute atomic E-state index is 11.4. The zero-order valence-corrected chi connectivity index (χ0v) is 8.04. The predicted octanol–water partition coefficient (Wildman–Crippen LogP) is 1.76. The number of hydrogen-bond donors (Lipinski definition) is 1. The van der Waals surface area contributed by atoms with Crippen molar-refractivity contribution in [3.8, 4) is 0 Å². The quantitative estimate of drug-likeness (QED) is 0.706. The van der Waals surface area contributed by atoms with E-state index in [1.807, 2.05) is 0 Å². The molecule has 2 aliphatic carbocycles. The highest BCUT2D eigenvalue weighted by atomic mass is 16.3. The monoisotopic (exact) mass is 182 g/mol. The third-order valence-corrected chi connectivity index (χ3v) is 3.90. The van der Waals surface area contributed by atoms with Crippen LogP contribution < -0.4 is 0 Å². The summed E-state index contributed by atoms with van der Waals surface area (Å²) in [5, 5.41) is 8.84. The van der Waals surface area contributed by atoms with Crippen molar-refractivity contribution in [3.05, 3.63) is 0 Å². The molecule has 0 aliphatic heterocycles. The van der Waals surface area contributed by atoms with Crippen LogP contribution in [-0.4, -0.2) is 17.5 Å². The number of aliphatic hydroxyl groups is 1. The van der Waals surface area contributed by atoms with E-state index in [0.717, 1.165) is 12.3 Å². The van der Waals surface area contributed by atoms with E-state index < -0.39 is 0 Å². The second-order valence-corrected chi connectivity index (χ2v) is 4.52. The molecule has 0 saturated heterocycles. The average molecular weight is 182 g/mol. The van der Waals surface area contributed by atoms with Gasteiger partial charge in [-0.05, 0) is 31.1 Å². The fourth-order valence-corrected chi connectivity index (χ4v) is 3.25. The molecule has 2 fully saturated rings. The molecule has 0 radical (unpaired) electrons. The molecule has 0 aromatic carbocycles. The summed E-state index contributed by atoms with van der Waals surface area (Å²) in [6, 6.07) is 0. The molecule has 0 bridgehead atoms. The molecule has 3 atom stereocenters. The first-order chi connectivity index (χ1) is 6.33. The van der Waals surface area contributed by atoms with Crippen LogP contribution in [0.15, 0.2) is 0 Å². The van der Waals surface area contributed by atoms with Gasteiger partial charge in [-0.3, -0.25) is 4.79 Å². The minimum absolute atomic E-state index is 0.0920. The molecule has 0 spiro atoms. The molecular formula is C11H18O2. The van der Waals surface area contributed by atoms with Crippen molar-refractivity contribution in [2.75, 3.05) is 6.61 Å². The Morgan fingerprint density at radius 2 is 1.92 bits per heavy atom. The molecule has 2 aliphatic rings. The predicted molar refractivity (Wildman–Crippen MR) is 50.3 cm³/mol.